The Hall–Kier alpha value is -2.06. The van der Waals surface area contributed by atoms with Crippen LogP contribution in [0.5, 0.6) is 0 Å². The summed E-state index contributed by atoms with van der Waals surface area (Å²) >= 11 is 1.91. The standard InChI is InChI=1S/C27H44N4O3S/c1-24-13-12-20-31(24)27(34)29-26(33)16-8-3-2-4-9-18-30(21-17-28-23-32)19-10-11-22-35-25-14-6-5-7-15-25/h5-7,14-15,23-24H,2-4,8-13,16-22H2,1H3,(H,28,32)(H,29,33,34). The third-order valence-electron chi connectivity index (χ3n) is 6.47. The summed E-state index contributed by atoms with van der Waals surface area (Å²) in [5, 5.41) is 5.31. The number of imide groups is 1. The lowest BCUT2D eigenvalue weighted by Gasteiger charge is -2.22. The molecule has 0 radical (unpaired) electrons. The molecule has 1 aliphatic rings. The predicted molar refractivity (Wildman–Crippen MR) is 144 cm³/mol. The van der Waals surface area contributed by atoms with Crippen molar-refractivity contribution in [3.8, 4) is 0 Å². The number of likely N-dealkylation sites (tertiary alicyclic amines) is 1. The third kappa shape index (κ3) is 13.0. The van der Waals surface area contributed by atoms with Crippen LogP contribution < -0.4 is 10.6 Å². The van der Waals surface area contributed by atoms with Crippen molar-refractivity contribution in [3.63, 3.8) is 0 Å². The average molecular weight is 505 g/mol. The van der Waals surface area contributed by atoms with Crippen LogP contribution >= 0.6 is 11.8 Å². The Morgan fingerprint density at radius 2 is 1.74 bits per heavy atom. The van der Waals surface area contributed by atoms with Crippen LogP contribution in [-0.2, 0) is 9.59 Å². The van der Waals surface area contributed by atoms with Crippen molar-refractivity contribution in [1.82, 2.24) is 20.4 Å². The molecule has 0 aromatic heterocycles. The van der Waals surface area contributed by atoms with E-state index in [-0.39, 0.29) is 18.0 Å². The highest BCUT2D eigenvalue weighted by Gasteiger charge is 2.25. The van der Waals surface area contributed by atoms with E-state index in [4.69, 9.17) is 0 Å². The molecule has 1 unspecified atom stereocenters. The van der Waals surface area contributed by atoms with Crippen LogP contribution in [0.25, 0.3) is 0 Å². The summed E-state index contributed by atoms with van der Waals surface area (Å²) < 4.78 is 0. The Labute approximate surface area is 215 Å². The Balaban J connectivity index is 1.51. The second kappa shape index (κ2) is 18.2. The molecule has 2 rings (SSSR count). The van der Waals surface area contributed by atoms with E-state index < -0.39 is 0 Å². The first-order chi connectivity index (χ1) is 17.1. The molecule has 1 aliphatic heterocycles. The number of carbonyl (C=O) groups is 3. The van der Waals surface area contributed by atoms with E-state index in [1.165, 1.54) is 11.3 Å². The summed E-state index contributed by atoms with van der Waals surface area (Å²) in [4.78, 5) is 40.3. The molecule has 0 bridgehead atoms. The molecular weight excluding hydrogens is 460 g/mol. The van der Waals surface area contributed by atoms with E-state index in [0.29, 0.717) is 13.0 Å². The average Bonchev–Trinajstić information content (AvgIpc) is 3.29. The zero-order valence-corrected chi connectivity index (χ0v) is 22.2. The van der Waals surface area contributed by atoms with Gasteiger partial charge < -0.3 is 15.1 Å². The maximum absolute atomic E-state index is 12.1. The van der Waals surface area contributed by atoms with Gasteiger partial charge in [0.1, 0.15) is 0 Å². The van der Waals surface area contributed by atoms with Crippen molar-refractivity contribution >= 4 is 30.1 Å². The van der Waals surface area contributed by atoms with E-state index in [1.807, 2.05) is 24.8 Å². The number of thioether (sulfide) groups is 1. The Morgan fingerprint density at radius 3 is 2.46 bits per heavy atom. The summed E-state index contributed by atoms with van der Waals surface area (Å²) in [7, 11) is 0. The minimum atomic E-state index is -0.234. The molecule has 8 heteroatoms. The fourth-order valence-electron chi connectivity index (χ4n) is 4.40. The van der Waals surface area contributed by atoms with Crippen LogP contribution in [0, 0.1) is 0 Å². The second-order valence-electron chi connectivity index (χ2n) is 9.34. The van der Waals surface area contributed by atoms with Crippen molar-refractivity contribution < 1.29 is 14.4 Å². The van der Waals surface area contributed by atoms with E-state index >= 15 is 0 Å². The smallest absolute Gasteiger partial charge is 0.324 e. The van der Waals surface area contributed by atoms with Gasteiger partial charge in [0.2, 0.25) is 12.3 Å². The third-order valence-corrected chi connectivity index (χ3v) is 7.57. The molecule has 1 fully saturated rings. The zero-order chi connectivity index (χ0) is 25.1. The van der Waals surface area contributed by atoms with Crippen molar-refractivity contribution in [1.29, 1.82) is 0 Å². The molecule has 1 aromatic carbocycles. The lowest BCUT2D eigenvalue weighted by atomic mass is 10.1. The van der Waals surface area contributed by atoms with E-state index in [9.17, 15) is 14.4 Å². The van der Waals surface area contributed by atoms with Gasteiger partial charge in [0.05, 0.1) is 0 Å². The lowest BCUT2D eigenvalue weighted by Crippen LogP contribution is -2.44. The molecule has 0 spiro atoms. The number of amides is 4. The van der Waals surface area contributed by atoms with Gasteiger partial charge in [-0.05, 0) is 76.4 Å². The van der Waals surface area contributed by atoms with E-state index in [0.717, 1.165) is 89.7 Å². The summed E-state index contributed by atoms with van der Waals surface area (Å²) in [6.45, 7) is 6.44. The maximum Gasteiger partial charge on any atom is 0.324 e. The van der Waals surface area contributed by atoms with Crippen LogP contribution in [0.3, 0.4) is 0 Å². The highest BCUT2D eigenvalue weighted by atomic mass is 32.2. The lowest BCUT2D eigenvalue weighted by molar-refractivity contribution is -0.120. The molecule has 4 amide bonds. The highest BCUT2D eigenvalue weighted by Crippen LogP contribution is 2.19. The molecule has 1 saturated heterocycles. The summed E-state index contributed by atoms with van der Waals surface area (Å²) in [5.41, 5.74) is 0. The van der Waals surface area contributed by atoms with Crippen LogP contribution in [0.1, 0.15) is 71.1 Å². The molecule has 0 aliphatic carbocycles. The Bertz CT molecular complexity index is 734. The number of carbonyl (C=O) groups excluding carboxylic acids is 3. The first-order valence-corrected chi connectivity index (χ1v) is 14.3. The van der Waals surface area contributed by atoms with Gasteiger partial charge in [-0.25, -0.2) is 4.79 Å². The van der Waals surface area contributed by atoms with Gasteiger partial charge in [-0.2, -0.15) is 0 Å². The van der Waals surface area contributed by atoms with Gasteiger partial charge in [-0.15, -0.1) is 11.8 Å². The Morgan fingerprint density at radius 1 is 1.03 bits per heavy atom. The summed E-state index contributed by atoms with van der Waals surface area (Å²) in [5.74, 6) is 0.967. The SMILES string of the molecule is CC1CCCN1C(=O)NC(=O)CCCCCCCN(CCCCSc1ccccc1)CCNC=O. The van der Waals surface area contributed by atoms with Crippen molar-refractivity contribution in [2.45, 2.75) is 82.1 Å². The minimum absolute atomic E-state index is 0.159. The van der Waals surface area contributed by atoms with Crippen molar-refractivity contribution in [2.24, 2.45) is 0 Å². The van der Waals surface area contributed by atoms with Gasteiger partial charge in [-0.1, -0.05) is 37.5 Å². The molecule has 1 atom stereocenters. The summed E-state index contributed by atoms with van der Waals surface area (Å²) in [6, 6.07) is 10.5. The zero-order valence-electron chi connectivity index (χ0n) is 21.4. The number of urea groups is 1. The highest BCUT2D eigenvalue weighted by molar-refractivity contribution is 7.99. The number of nitrogens with one attached hydrogen (secondary N) is 2. The molecule has 0 saturated carbocycles. The van der Waals surface area contributed by atoms with Gasteiger partial charge in [-0.3, -0.25) is 14.9 Å². The van der Waals surface area contributed by atoms with Gasteiger partial charge in [0, 0.05) is 37.0 Å². The first kappa shape index (κ1) is 29.2. The van der Waals surface area contributed by atoms with Crippen LogP contribution in [-0.4, -0.2) is 72.7 Å². The van der Waals surface area contributed by atoms with Crippen molar-refractivity contribution in [2.75, 3.05) is 38.5 Å². The van der Waals surface area contributed by atoms with Gasteiger partial charge in [0.25, 0.3) is 0 Å². The van der Waals surface area contributed by atoms with E-state index in [1.54, 1.807) is 4.90 Å². The molecular formula is C27H44N4O3S. The molecule has 7 nitrogen and oxygen atoms in total. The summed E-state index contributed by atoms with van der Waals surface area (Å²) in [6.07, 6.45) is 10.7. The topological polar surface area (TPSA) is 81.8 Å². The molecule has 196 valence electrons. The molecule has 35 heavy (non-hydrogen) atoms. The number of hydrogen-bond acceptors (Lipinski definition) is 5. The normalized spacial score (nSPS) is 15.4. The molecule has 1 aromatic rings. The van der Waals surface area contributed by atoms with Crippen LogP contribution in [0.4, 0.5) is 4.79 Å². The molecule has 1 heterocycles. The fraction of sp³-hybridized carbons (Fsp3) is 0.667. The van der Waals surface area contributed by atoms with Gasteiger partial charge in [0.15, 0.2) is 0 Å². The second-order valence-corrected chi connectivity index (χ2v) is 10.5. The van der Waals surface area contributed by atoms with E-state index in [2.05, 4.69) is 39.8 Å². The first-order valence-electron chi connectivity index (χ1n) is 13.3. The number of hydrogen-bond donors (Lipinski definition) is 2. The van der Waals surface area contributed by atoms with Crippen molar-refractivity contribution in [3.05, 3.63) is 30.3 Å². The number of nitrogens with zero attached hydrogens (tertiary/aromatic N) is 2. The maximum atomic E-state index is 12.1. The minimum Gasteiger partial charge on any atom is -0.357 e. The predicted octanol–water partition coefficient (Wildman–Crippen LogP) is 4.67. The largest absolute Gasteiger partial charge is 0.357 e. The number of unbranched alkanes of at least 4 members (excludes halogenated alkanes) is 5. The van der Waals surface area contributed by atoms with Gasteiger partial charge >= 0.3 is 6.03 Å². The van der Waals surface area contributed by atoms with Crippen LogP contribution in [0.2, 0.25) is 0 Å². The number of benzene rings is 1. The monoisotopic (exact) mass is 504 g/mol. The molecule has 2 N–H and O–H groups in total. The fourth-order valence-corrected chi connectivity index (χ4v) is 5.33. The quantitative estimate of drug-likeness (QED) is 0.173. The number of rotatable bonds is 18. The van der Waals surface area contributed by atoms with Crippen LogP contribution in [0.15, 0.2) is 35.2 Å². The Kier molecular flexibility index (Phi) is 15.2.